The highest BCUT2D eigenvalue weighted by atomic mass is 127. The molecule has 1 unspecified atom stereocenters. The van der Waals surface area contributed by atoms with Crippen LogP contribution in [0.5, 0.6) is 11.5 Å². The van der Waals surface area contributed by atoms with Crippen LogP contribution in [0.3, 0.4) is 0 Å². The molecule has 0 aromatic heterocycles. The van der Waals surface area contributed by atoms with Gasteiger partial charge >= 0.3 is 0 Å². The zero-order valence-electron chi connectivity index (χ0n) is 14.1. The average Bonchev–Trinajstić information content (AvgIpc) is 2.52. The van der Waals surface area contributed by atoms with Gasteiger partial charge in [0, 0.05) is 19.6 Å². The maximum absolute atomic E-state index is 5.52. The summed E-state index contributed by atoms with van der Waals surface area (Å²) in [5.74, 6) is 2.32. The van der Waals surface area contributed by atoms with Crippen LogP contribution in [0.1, 0.15) is 32.8 Å². The van der Waals surface area contributed by atoms with Gasteiger partial charge in [-0.2, -0.15) is 0 Å². The third-order valence-electron chi connectivity index (χ3n) is 3.21. The molecule has 2 N–H and O–H groups in total. The van der Waals surface area contributed by atoms with Crippen LogP contribution < -0.4 is 20.1 Å². The summed E-state index contributed by atoms with van der Waals surface area (Å²) in [6.45, 7) is 7.53. The van der Waals surface area contributed by atoms with Crippen molar-refractivity contribution in [1.29, 1.82) is 0 Å². The number of nitrogens with one attached hydrogen (secondary N) is 2. The molecule has 0 radical (unpaired) electrons. The molecule has 0 saturated carbocycles. The van der Waals surface area contributed by atoms with Crippen LogP contribution >= 0.6 is 24.0 Å². The Balaban J connectivity index is 0.00000441. The molecule has 1 atom stereocenters. The van der Waals surface area contributed by atoms with Crippen LogP contribution in [0.15, 0.2) is 23.2 Å². The smallest absolute Gasteiger partial charge is 0.191 e. The Morgan fingerprint density at radius 1 is 1.27 bits per heavy atom. The van der Waals surface area contributed by atoms with Gasteiger partial charge in [0.05, 0.1) is 13.7 Å². The molecule has 0 fully saturated rings. The number of guanidine groups is 1. The first-order valence-electron chi connectivity index (χ1n) is 7.41. The number of benzene rings is 1. The molecular weight excluding hydrogens is 393 g/mol. The summed E-state index contributed by atoms with van der Waals surface area (Å²) in [7, 11) is 3.43. The molecule has 0 heterocycles. The third kappa shape index (κ3) is 6.72. The number of aliphatic imine (C=N–C) groups is 1. The molecule has 1 aromatic carbocycles. The van der Waals surface area contributed by atoms with Gasteiger partial charge in [-0.3, -0.25) is 4.99 Å². The second-order valence-electron chi connectivity index (χ2n) is 4.80. The lowest BCUT2D eigenvalue weighted by Gasteiger charge is -2.17. The third-order valence-corrected chi connectivity index (χ3v) is 3.21. The number of ether oxygens (including phenoxy) is 2. The van der Waals surface area contributed by atoms with Crippen molar-refractivity contribution in [3.8, 4) is 11.5 Å². The van der Waals surface area contributed by atoms with Crippen LogP contribution in [-0.4, -0.2) is 32.8 Å². The van der Waals surface area contributed by atoms with E-state index < -0.39 is 0 Å². The molecular formula is C16H28IN3O2. The number of methoxy groups -OCH3 is 1. The highest BCUT2D eigenvalue weighted by molar-refractivity contribution is 14.0. The van der Waals surface area contributed by atoms with Crippen LogP contribution in [-0.2, 0) is 6.54 Å². The minimum absolute atomic E-state index is 0. The van der Waals surface area contributed by atoms with E-state index in [1.165, 1.54) is 0 Å². The quantitative estimate of drug-likeness (QED) is 0.404. The Kier molecular flexibility index (Phi) is 10.8. The fraction of sp³-hybridized carbons (Fsp3) is 0.562. The fourth-order valence-electron chi connectivity index (χ4n) is 1.81. The SMILES string of the molecule is CCOc1ccc(CNC(=NC)NC(C)CC)cc1OC.I. The second kappa shape index (κ2) is 11.4. The van der Waals surface area contributed by atoms with E-state index in [2.05, 4.69) is 29.5 Å². The predicted molar refractivity (Wildman–Crippen MR) is 103 cm³/mol. The molecule has 1 aromatic rings. The fourth-order valence-corrected chi connectivity index (χ4v) is 1.81. The summed E-state index contributed by atoms with van der Waals surface area (Å²) in [6, 6.07) is 6.33. The van der Waals surface area contributed by atoms with E-state index in [-0.39, 0.29) is 24.0 Å². The average molecular weight is 421 g/mol. The zero-order valence-corrected chi connectivity index (χ0v) is 16.4. The van der Waals surface area contributed by atoms with Gasteiger partial charge in [-0.15, -0.1) is 24.0 Å². The van der Waals surface area contributed by atoms with Crippen molar-refractivity contribution < 1.29 is 9.47 Å². The van der Waals surface area contributed by atoms with Gasteiger partial charge in [0.1, 0.15) is 0 Å². The van der Waals surface area contributed by atoms with E-state index in [1.807, 2.05) is 25.1 Å². The molecule has 0 aliphatic rings. The lowest BCUT2D eigenvalue weighted by atomic mass is 10.2. The maximum atomic E-state index is 5.52. The minimum atomic E-state index is 0. The lowest BCUT2D eigenvalue weighted by Crippen LogP contribution is -2.41. The number of halogens is 1. The highest BCUT2D eigenvalue weighted by Crippen LogP contribution is 2.27. The van der Waals surface area contributed by atoms with Gasteiger partial charge in [0.15, 0.2) is 17.5 Å². The standard InChI is InChI=1S/C16H27N3O2.HI/c1-6-12(3)19-16(17-4)18-11-13-8-9-14(21-7-2)15(10-13)20-5;/h8-10,12H,6-7,11H2,1-5H3,(H2,17,18,19);1H. The highest BCUT2D eigenvalue weighted by Gasteiger charge is 2.07. The predicted octanol–water partition coefficient (Wildman–Crippen LogP) is 3.18. The van der Waals surface area contributed by atoms with Crippen molar-refractivity contribution in [1.82, 2.24) is 10.6 Å². The number of rotatable bonds is 7. The van der Waals surface area contributed by atoms with E-state index in [0.29, 0.717) is 19.2 Å². The normalized spacial score (nSPS) is 12.1. The van der Waals surface area contributed by atoms with E-state index in [9.17, 15) is 0 Å². The first-order chi connectivity index (χ1) is 10.1. The molecule has 0 spiro atoms. The van der Waals surface area contributed by atoms with E-state index >= 15 is 0 Å². The van der Waals surface area contributed by atoms with E-state index in [1.54, 1.807) is 14.2 Å². The van der Waals surface area contributed by atoms with Gasteiger partial charge in [-0.05, 0) is 38.0 Å². The second-order valence-corrected chi connectivity index (χ2v) is 4.80. The number of hydrogen-bond donors (Lipinski definition) is 2. The number of nitrogens with zero attached hydrogens (tertiary/aromatic N) is 1. The van der Waals surface area contributed by atoms with E-state index in [4.69, 9.17) is 9.47 Å². The Hall–Kier alpha value is -1.18. The van der Waals surface area contributed by atoms with Crippen LogP contribution in [0, 0.1) is 0 Å². The molecule has 0 saturated heterocycles. The van der Waals surface area contributed by atoms with Crippen LogP contribution in [0.25, 0.3) is 0 Å². The summed E-state index contributed by atoms with van der Waals surface area (Å²) in [5.41, 5.74) is 1.11. The summed E-state index contributed by atoms with van der Waals surface area (Å²) in [6.07, 6.45) is 1.05. The first kappa shape index (κ1) is 20.8. The summed E-state index contributed by atoms with van der Waals surface area (Å²) >= 11 is 0. The molecule has 6 heteroatoms. The van der Waals surface area contributed by atoms with Crippen molar-refractivity contribution in [3.05, 3.63) is 23.8 Å². The zero-order chi connectivity index (χ0) is 15.7. The molecule has 0 amide bonds. The largest absolute Gasteiger partial charge is 0.493 e. The van der Waals surface area contributed by atoms with Crippen LogP contribution in [0.2, 0.25) is 0 Å². The maximum Gasteiger partial charge on any atom is 0.191 e. The first-order valence-corrected chi connectivity index (χ1v) is 7.41. The molecule has 5 nitrogen and oxygen atoms in total. The molecule has 0 bridgehead atoms. The Labute approximate surface area is 150 Å². The summed E-state index contributed by atoms with van der Waals surface area (Å²) < 4.78 is 10.9. The van der Waals surface area contributed by atoms with Gasteiger partial charge in [-0.25, -0.2) is 0 Å². The summed E-state index contributed by atoms with van der Waals surface area (Å²) in [5, 5.41) is 6.63. The van der Waals surface area contributed by atoms with Crippen molar-refractivity contribution in [2.45, 2.75) is 39.8 Å². The monoisotopic (exact) mass is 421 g/mol. The Morgan fingerprint density at radius 2 is 2.00 bits per heavy atom. The van der Waals surface area contributed by atoms with Crippen molar-refractivity contribution in [2.75, 3.05) is 20.8 Å². The van der Waals surface area contributed by atoms with Gasteiger partial charge in [-0.1, -0.05) is 13.0 Å². The molecule has 1 rings (SSSR count). The topological polar surface area (TPSA) is 54.9 Å². The van der Waals surface area contributed by atoms with Crippen molar-refractivity contribution >= 4 is 29.9 Å². The van der Waals surface area contributed by atoms with Gasteiger partial charge in [0.25, 0.3) is 0 Å². The van der Waals surface area contributed by atoms with Gasteiger partial charge in [0.2, 0.25) is 0 Å². The minimum Gasteiger partial charge on any atom is -0.493 e. The van der Waals surface area contributed by atoms with Crippen molar-refractivity contribution in [2.24, 2.45) is 4.99 Å². The lowest BCUT2D eigenvalue weighted by molar-refractivity contribution is 0.310. The molecule has 0 aliphatic carbocycles. The van der Waals surface area contributed by atoms with Crippen LogP contribution in [0.4, 0.5) is 0 Å². The van der Waals surface area contributed by atoms with Crippen molar-refractivity contribution in [3.63, 3.8) is 0 Å². The molecule has 126 valence electrons. The Morgan fingerprint density at radius 3 is 2.55 bits per heavy atom. The number of hydrogen-bond acceptors (Lipinski definition) is 3. The molecule has 22 heavy (non-hydrogen) atoms. The molecule has 0 aliphatic heterocycles. The summed E-state index contributed by atoms with van der Waals surface area (Å²) in [4.78, 5) is 4.22. The van der Waals surface area contributed by atoms with Gasteiger partial charge < -0.3 is 20.1 Å². The Bertz CT molecular complexity index is 467. The van der Waals surface area contributed by atoms with E-state index in [0.717, 1.165) is 29.4 Å².